The second-order valence-corrected chi connectivity index (χ2v) is 9.99. The molecule has 0 aromatic carbocycles. The summed E-state index contributed by atoms with van der Waals surface area (Å²) >= 11 is 0. The normalized spacial score (nSPS) is 20.5. The van der Waals surface area contributed by atoms with Gasteiger partial charge in [-0.1, -0.05) is 25.7 Å². The van der Waals surface area contributed by atoms with Crippen molar-refractivity contribution in [3.05, 3.63) is 0 Å². The van der Waals surface area contributed by atoms with Crippen LogP contribution in [0.5, 0.6) is 0 Å². The molecule has 0 radical (unpaired) electrons. The topological polar surface area (TPSA) is 55.4 Å². The number of alkyl halides is 3. The minimum absolute atomic E-state index is 0.0689. The molecule has 1 saturated carbocycles. The van der Waals surface area contributed by atoms with Gasteiger partial charge in [-0.15, -0.1) is 0 Å². The molecule has 0 amide bonds. The van der Waals surface area contributed by atoms with Crippen molar-refractivity contribution in [1.82, 2.24) is 4.72 Å². The Labute approximate surface area is 150 Å². The standard InChI is InChI=1S/C17H30F3NO3S/c1-11(2)24-15(22)13(10-12-8-6-7-9-12)14(17(18,19)20)21-25(23)16(3,4)5/h11-14,21H,6-10H2,1-5H3/t13-,14-,25-/m0/s1. The molecule has 0 aliphatic heterocycles. The van der Waals surface area contributed by atoms with Crippen LogP contribution in [0.15, 0.2) is 0 Å². The van der Waals surface area contributed by atoms with Crippen molar-refractivity contribution in [1.29, 1.82) is 0 Å². The second kappa shape index (κ2) is 8.84. The number of ether oxygens (including phenoxy) is 1. The number of carbonyl (C=O) groups is 1. The number of hydrogen-bond donors (Lipinski definition) is 1. The van der Waals surface area contributed by atoms with Crippen LogP contribution in [0.3, 0.4) is 0 Å². The van der Waals surface area contributed by atoms with Crippen LogP contribution in [0.1, 0.15) is 66.7 Å². The highest BCUT2D eigenvalue weighted by Crippen LogP contribution is 2.36. The Kier molecular flexibility index (Phi) is 7.93. The lowest BCUT2D eigenvalue weighted by atomic mass is 9.88. The van der Waals surface area contributed by atoms with E-state index in [1.807, 2.05) is 0 Å². The van der Waals surface area contributed by atoms with Crippen molar-refractivity contribution >= 4 is 17.0 Å². The fourth-order valence-electron chi connectivity index (χ4n) is 2.96. The summed E-state index contributed by atoms with van der Waals surface area (Å²) in [4.78, 5) is 12.4. The van der Waals surface area contributed by atoms with E-state index >= 15 is 0 Å². The third kappa shape index (κ3) is 7.25. The van der Waals surface area contributed by atoms with Crippen molar-refractivity contribution in [2.45, 2.75) is 89.8 Å². The van der Waals surface area contributed by atoms with Crippen LogP contribution in [0.4, 0.5) is 13.2 Å². The van der Waals surface area contributed by atoms with Crippen LogP contribution in [0.2, 0.25) is 0 Å². The van der Waals surface area contributed by atoms with E-state index in [0.29, 0.717) is 0 Å². The Morgan fingerprint density at radius 2 is 1.72 bits per heavy atom. The van der Waals surface area contributed by atoms with Gasteiger partial charge in [0, 0.05) is 0 Å². The molecule has 0 saturated heterocycles. The minimum Gasteiger partial charge on any atom is -0.463 e. The van der Waals surface area contributed by atoms with Gasteiger partial charge >= 0.3 is 12.1 Å². The molecule has 1 fully saturated rings. The Hall–Kier alpha value is -0.630. The zero-order chi connectivity index (χ0) is 19.4. The van der Waals surface area contributed by atoms with Crippen molar-refractivity contribution < 1.29 is 26.9 Å². The summed E-state index contributed by atoms with van der Waals surface area (Å²) in [6, 6.07) is -2.18. The van der Waals surface area contributed by atoms with E-state index in [2.05, 4.69) is 4.72 Å². The highest BCUT2D eigenvalue weighted by molar-refractivity contribution is 7.84. The molecular formula is C17H30F3NO3S. The molecule has 0 aromatic rings. The van der Waals surface area contributed by atoms with E-state index in [1.54, 1.807) is 34.6 Å². The van der Waals surface area contributed by atoms with Gasteiger partial charge in [-0.3, -0.25) is 4.79 Å². The lowest BCUT2D eigenvalue weighted by Gasteiger charge is -2.32. The summed E-state index contributed by atoms with van der Waals surface area (Å²) in [5.41, 5.74) is 0. The number of hydrogen-bond acceptors (Lipinski definition) is 3. The first kappa shape index (κ1) is 22.4. The van der Waals surface area contributed by atoms with Crippen molar-refractivity contribution in [2.24, 2.45) is 11.8 Å². The van der Waals surface area contributed by atoms with Gasteiger partial charge in [-0.05, 0) is 47.0 Å². The molecule has 1 rings (SSSR count). The summed E-state index contributed by atoms with van der Waals surface area (Å²) in [5.74, 6) is -2.20. The van der Waals surface area contributed by atoms with Crippen LogP contribution in [0, 0.1) is 11.8 Å². The third-order valence-electron chi connectivity index (χ3n) is 4.26. The van der Waals surface area contributed by atoms with E-state index in [0.717, 1.165) is 25.7 Å². The molecule has 0 spiro atoms. The smallest absolute Gasteiger partial charge is 0.405 e. The van der Waals surface area contributed by atoms with E-state index in [9.17, 15) is 22.2 Å². The fraction of sp³-hybridized carbons (Fsp3) is 0.941. The lowest BCUT2D eigenvalue weighted by molar-refractivity contribution is -0.182. The summed E-state index contributed by atoms with van der Waals surface area (Å²) in [6.45, 7) is 7.97. The predicted octanol–water partition coefficient (Wildman–Crippen LogP) is 4.12. The largest absolute Gasteiger partial charge is 0.463 e. The van der Waals surface area contributed by atoms with Crippen LogP contribution in [-0.4, -0.2) is 33.2 Å². The molecule has 3 atom stereocenters. The monoisotopic (exact) mass is 385 g/mol. The van der Waals surface area contributed by atoms with Crippen molar-refractivity contribution in [3.63, 3.8) is 0 Å². The van der Waals surface area contributed by atoms with E-state index in [4.69, 9.17) is 4.74 Å². The number of halogens is 3. The molecule has 1 N–H and O–H groups in total. The molecule has 0 bridgehead atoms. The van der Waals surface area contributed by atoms with Gasteiger partial charge in [0.15, 0.2) is 0 Å². The molecular weight excluding hydrogens is 355 g/mol. The lowest BCUT2D eigenvalue weighted by Crippen LogP contribution is -2.54. The van der Waals surface area contributed by atoms with Crippen LogP contribution in [-0.2, 0) is 20.5 Å². The SMILES string of the molecule is CC(C)OC(=O)[C@@H](CC1CCCC1)[C@H](N[S@@](=O)C(C)(C)C)C(F)(F)F. The molecule has 4 nitrogen and oxygen atoms in total. The van der Waals surface area contributed by atoms with E-state index in [1.165, 1.54) is 0 Å². The Bertz CT molecular complexity index is 469. The molecule has 25 heavy (non-hydrogen) atoms. The molecule has 0 heterocycles. The van der Waals surface area contributed by atoms with Crippen LogP contribution >= 0.6 is 0 Å². The third-order valence-corrected chi connectivity index (χ3v) is 5.84. The molecule has 8 heteroatoms. The first-order chi connectivity index (χ1) is 11.3. The van der Waals surface area contributed by atoms with Gasteiger partial charge < -0.3 is 4.74 Å². The fourth-order valence-corrected chi connectivity index (χ4v) is 3.84. The zero-order valence-corrected chi connectivity index (χ0v) is 16.4. The molecule has 0 aromatic heterocycles. The second-order valence-electron chi connectivity index (χ2n) is 8.00. The number of nitrogens with one attached hydrogen (secondary N) is 1. The number of carbonyl (C=O) groups excluding carboxylic acids is 1. The first-order valence-corrected chi connectivity index (χ1v) is 9.92. The Morgan fingerprint density at radius 1 is 1.20 bits per heavy atom. The molecule has 1 aliphatic carbocycles. The quantitative estimate of drug-likeness (QED) is 0.671. The minimum atomic E-state index is -4.69. The summed E-state index contributed by atoms with van der Waals surface area (Å²) < 4.78 is 59.7. The summed E-state index contributed by atoms with van der Waals surface area (Å²) in [6.07, 6.45) is -1.52. The van der Waals surface area contributed by atoms with Crippen molar-refractivity contribution in [3.8, 4) is 0 Å². The molecule has 148 valence electrons. The van der Waals surface area contributed by atoms with Gasteiger partial charge in [-0.2, -0.15) is 13.2 Å². The average molecular weight is 385 g/mol. The highest BCUT2D eigenvalue weighted by Gasteiger charge is 2.50. The van der Waals surface area contributed by atoms with Gasteiger partial charge in [0.2, 0.25) is 0 Å². The maximum atomic E-state index is 13.7. The highest BCUT2D eigenvalue weighted by atomic mass is 32.2. The van der Waals surface area contributed by atoms with Crippen LogP contribution in [0.25, 0.3) is 0 Å². The summed E-state index contributed by atoms with van der Waals surface area (Å²) in [7, 11) is -1.94. The average Bonchev–Trinajstić information content (AvgIpc) is 2.92. The maximum absolute atomic E-state index is 13.7. The number of esters is 1. The first-order valence-electron chi connectivity index (χ1n) is 8.77. The van der Waals surface area contributed by atoms with E-state index < -0.39 is 45.9 Å². The Balaban J connectivity index is 3.08. The zero-order valence-electron chi connectivity index (χ0n) is 15.6. The predicted molar refractivity (Wildman–Crippen MR) is 92.2 cm³/mol. The van der Waals surface area contributed by atoms with Crippen molar-refractivity contribution in [2.75, 3.05) is 0 Å². The molecule has 1 aliphatic rings. The summed E-state index contributed by atoms with van der Waals surface area (Å²) in [5, 5.41) is 0. The van der Waals surface area contributed by atoms with Gasteiger partial charge in [0.1, 0.15) is 6.04 Å². The van der Waals surface area contributed by atoms with Gasteiger partial charge in [-0.25, -0.2) is 8.93 Å². The number of rotatable bonds is 7. The van der Waals surface area contributed by atoms with Gasteiger partial charge in [0.25, 0.3) is 0 Å². The van der Waals surface area contributed by atoms with E-state index in [-0.39, 0.29) is 12.3 Å². The molecule has 0 unspecified atom stereocenters. The maximum Gasteiger partial charge on any atom is 0.405 e. The Morgan fingerprint density at radius 3 is 2.12 bits per heavy atom. The van der Waals surface area contributed by atoms with Crippen LogP contribution < -0.4 is 4.72 Å². The van der Waals surface area contributed by atoms with Gasteiger partial charge in [0.05, 0.1) is 27.8 Å².